The second kappa shape index (κ2) is 15.6. The Morgan fingerprint density at radius 1 is 1.10 bits per heavy atom. The number of thioether (sulfide) groups is 1. The van der Waals surface area contributed by atoms with Crippen LogP contribution in [0.4, 0.5) is 8.78 Å². The summed E-state index contributed by atoms with van der Waals surface area (Å²) in [7, 11) is 3.23. The Hall–Kier alpha value is -3.13. The van der Waals surface area contributed by atoms with Gasteiger partial charge in [-0.1, -0.05) is 61.5 Å². The van der Waals surface area contributed by atoms with Gasteiger partial charge in [-0.3, -0.25) is 4.57 Å². The van der Waals surface area contributed by atoms with Gasteiger partial charge >= 0.3 is 0 Å². The largest absolute Gasteiger partial charge is 0.511 e. The molecular weight excluding hydrogens is 725 g/mol. The second-order valence-electron chi connectivity index (χ2n) is 13.5. The number of hydrogen-bond acceptors (Lipinski definition) is 6. The number of sulfonamides is 1. The van der Waals surface area contributed by atoms with E-state index in [9.17, 15) is 17.9 Å². The number of ether oxygens (including phenoxy) is 1. The molecule has 0 saturated carbocycles. The quantitative estimate of drug-likeness (QED) is 0.0741. The highest BCUT2D eigenvalue weighted by Crippen LogP contribution is 2.40. The van der Waals surface area contributed by atoms with Crippen LogP contribution in [0.25, 0.3) is 5.69 Å². The van der Waals surface area contributed by atoms with Gasteiger partial charge < -0.3 is 14.3 Å². The van der Waals surface area contributed by atoms with Crippen molar-refractivity contribution in [2.75, 3.05) is 41.3 Å². The summed E-state index contributed by atoms with van der Waals surface area (Å²) in [5.74, 6) is -1.01. The molecule has 8 nitrogen and oxygen atoms in total. The smallest absolute Gasteiger partial charge is 0.243 e. The molecular formula is C36H43Cl2F2N4O4S2+. The minimum Gasteiger partial charge on any atom is -0.511 e. The molecule has 1 aromatic heterocycles. The van der Waals surface area contributed by atoms with Crippen molar-refractivity contribution in [3.63, 3.8) is 0 Å². The van der Waals surface area contributed by atoms with Gasteiger partial charge in [-0.2, -0.15) is 4.31 Å². The lowest BCUT2D eigenvalue weighted by Crippen LogP contribution is -2.43. The van der Waals surface area contributed by atoms with Crippen LogP contribution in [0, 0.1) is 11.6 Å². The first-order chi connectivity index (χ1) is 23.3. The van der Waals surface area contributed by atoms with Gasteiger partial charge in [0, 0.05) is 40.4 Å². The fraction of sp³-hybridized carbons (Fsp3) is 0.361. The molecule has 0 bridgehead atoms. The number of aliphatic hydroxyl groups is 1. The molecule has 1 heterocycles. The van der Waals surface area contributed by atoms with E-state index in [1.165, 1.54) is 44.0 Å². The van der Waals surface area contributed by atoms with Gasteiger partial charge in [-0.15, -0.1) is 0 Å². The minimum absolute atomic E-state index is 0.00883. The predicted octanol–water partition coefficient (Wildman–Crippen LogP) is 8.63. The third-order valence-electron chi connectivity index (χ3n) is 8.52. The molecule has 3 aromatic carbocycles. The van der Waals surface area contributed by atoms with Gasteiger partial charge in [0.05, 0.1) is 62.6 Å². The number of nitrogens with zero attached hydrogens (tertiary/aromatic N) is 4. The van der Waals surface area contributed by atoms with Crippen LogP contribution in [-0.4, -0.2) is 79.2 Å². The molecule has 0 aliphatic carbocycles. The van der Waals surface area contributed by atoms with Crippen LogP contribution in [-0.2, 0) is 21.2 Å². The summed E-state index contributed by atoms with van der Waals surface area (Å²) in [6.45, 7) is 9.82. The summed E-state index contributed by atoms with van der Waals surface area (Å²) in [5.41, 5.74) is 1.72. The van der Waals surface area contributed by atoms with E-state index in [1.54, 1.807) is 24.4 Å². The van der Waals surface area contributed by atoms with E-state index in [2.05, 4.69) is 11.6 Å². The van der Waals surface area contributed by atoms with Crippen molar-refractivity contribution in [3.05, 3.63) is 112 Å². The summed E-state index contributed by atoms with van der Waals surface area (Å²) in [4.78, 5) is 4.35. The van der Waals surface area contributed by atoms with Crippen molar-refractivity contribution in [2.45, 2.75) is 54.5 Å². The lowest BCUT2D eigenvalue weighted by atomic mass is 9.81. The zero-order chi connectivity index (χ0) is 37.2. The zero-order valence-corrected chi connectivity index (χ0v) is 32.3. The van der Waals surface area contributed by atoms with Gasteiger partial charge in [-0.05, 0) is 61.0 Å². The van der Waals surface area contributed by atoms with E-state index in [1.807, 2.05) is 51.7 Å². The number of aromatic nitrogens is 2. The first-order valence-corrected chi connectivity index (χ1v) is 18.9. The molecule has 1 N–H and O–H groups in total. The monoisotopic (exact) mass is 767 g/mol. The lowest BCUT2D eigenvalue weighted by Gasteiger charge is -2.30. The average molecular weight is 769 g/mol. The molecule has 0 amide bonds. The van der Waals surface area contributed by atoms with E-state index in [0.29, 0.717) is 39.1 Å². The van der Waals surface area contributed by atoms with Crippen LogP contribution in [0.15, 0.2) is 83.2 Å². The van der Waals surface area contributed by atoms with Crippen LogP contribution in [0.1, 0.15) is 44.0 Å². The van der Waals surface area contributed by atoms with Crippen molar-refractivity contribution in [1.82, 2.24) is 13.9 Å². The summed E-state index contributed by atoms with van der Waals surface area (Å²) >= 11 is 14.1. The van der Waals surface area contributed by atoms with Gasteiger partial charge in [0.15, 0.2) is 5.16 Å². The molecule has 14 heteroatoms. The molecule has 0 radical (unpaired) electrons. The number of hydrogen-bond donors (Lipinski definition) is 1. The fourth-order valence-electron chi connectivity index (χ4n) is 5.44. The Labute approximate surface area is 307 Å². The van der Waals surface area contributed by atoms with E-state index in [0.717, 1.165) is 21.6 Å². The van der Waals surface area contributed by atoms with Crippen LogP contribution in [0.3, 0.4) is 0 Å². The number of rotatable bonds is 15. The topological polar surface area (TPSA) is 84.7 Å². The SMILES string of the molecule is C=C(O)C(C)N(CCC[N+](C)(C)C)S(=O)(=O)c1cc(F)c(CSc2ncc(C(C)(C)c3ccc(Cl)c(OC)c3)n2-c2ccc(F)cc2)c(Cl)c1. The number of benzene rings is 3. The number of methoxy groups -OCH3 is 1. The highest BCUT2D eigenvalue weighted by atomic mass is 35.5. The third-order valence-corrected chi connectivity index (χ3v) is 12.1. The second-order valence-corrected chi connectivity index (χ2v) is 17.2. The Kier molecular flexibility index (Phi) is 12.4. The number of halogens is 4. The predicted molar refractivity (Wildman–Crippen MR) is 197 cm³/mol. The van der Waals surface area contributed by atoms with Gasteiger partial charge in [0.1, 0.15) is 23.1 Å². The van der Waals surface area contributed by atoms with E-state index in [4.69, 9.17) is 27.9 Å². The lowest BCUT2D eigenvalue weighted by molar-refractivity contribution is -0.870. The standard InChI is InChI=1S/C36H42Cl2F2N4O4S2/c1-23(24(2)45)42(16-9-17-44(5,6)7)50(46,47)28-19-31(38)29(32(40)20-28)22-49-35-41-21-34(43(35)27-13-11-26(39)12-14-27)36(3,4)25-10-15-30(37)33(18-25)48-8/h10-15,18-21,23H,2,9,16-17,22H2,1,3-8H3/p+1. The molecule has 1 unspecified atom stereocenters. The summed E-state index contributed by atoms with van der Waals surface area (Å²) in [5, 5.41) is 11.0. The molecule has 4 rings (SSSR count). The average Bonchev–Trinajstić information content (AvgIpc) is 3.47. The summed E-state index contributed by atoms with van der Waals surface area (Å²) < 4.78 is 66.5. The Balaban J connectivity index is 1.70. The Bertz CT molecular complexity index is 1940. The first kappa shape index (κ1) is 39.7. The highest BCUT2D eigenvalue weighted by molar-refractivity contribution is 7.98. The molecule has 0 fully saturated rings. The summed E-state index contributed by atoms with van der Waals surface area (Å²) in [6, 6.07) is 12.7. The molecule has 1 atom stereocenters. The Morgan fingerprint density at radius 2 is 1.76 bits per heavy atom. The van der Waals surface area contributed by atoms with Crippen molar-refractivity contribution in [2.24, 2.45) is 0 Å². The Morgan fingerprint density at radius 3 is 2.34 bits per heavy atom. The zero-order valence-electron chi connectivity index (χ0n) is 29.2. The number of quaternary nitrogens is 1. The molecule has 0 aliphatic rings. The molecule has 0 saturated heterocycles. The molecule has 4 aromatic rings. The maximum absolute atomic E-state index is 15.8. The van der Waals surface area contributed by atoms with Gasteiger partial charge in [0.2, 0.25) is 10.0 Å². The maximum atomic E-state index is 15.8. The minimum atomic E-state index is -4.28. The van der Waals surface area contributed by atoms with Gasteiger partial charge in [-0.25, -0.2) is 22.2 Å². The van der Waals surface area contributed by atoms with E-state index >= 15 is 4.39 Å². The van der Waals surface area contributed by atoms with Crippen molar-refractivity contribution < 1.29 is 31.5 Å². The first-order valence-electron chi connectivity index (χ1n) is 15.8. The van der Waals surface area contributed by atoms with Gasteiger partial charge in [0.25, 0.3) is 0 Å². The van der Waals surface area contributed by atoms with Crippen molar-refractivity contribution >= 4 is 45.0 Å². The van der Waals surface area contributed by atoms with E-state index < -0.39 is 33.1 Å². The summed E-state index contributed by atoms with van der Waals surface area (Å²) in [6.07, 6.45) is 2.21. The third kappa shape index (κ3) is 8.83. The molecule has 270 valence electrons. The highest BCUT2D eigenvalue weighted by Gasteiger charge is 2.33. The fourth-order valence-corrected chi connectivity index (χ4v) is 8.78. The number of aliphatic hydroxyl groups excluding tert-OH is 1. The molecule has 0 spiro atoms. The molecule has 50 heavy (non-hydrogen) atoms. The van der Waals surface area contributed by atoms with Crippen molar-refractivity contribution in [1.29, 1.82) is 0 Å². The normalized spacial score (nSPS) is 13.1. The van der Waals surface area contributed by atoms with Crippen LogP contribution in [0.2, 0.25) is 10.0 Å². The molecule has 0 aliphatic heterocycles. The van der Waals surface area contributed by atoms with Crippen molar-refractivity contribution in [3.8, 4) is 11.4 Å². The number of imidazole rings is 1. The van der Waals surface area contributed by atoms with Crippen LogP contribution >= 0.6 is 35.0 Å². The maximum Gasteiger partial charge on any atom is 0.243 e. The van der Waals surface area contributed by atoms with Crippen LogP contribution < -0.4 is 4.74 Å². The van der Waals surface area contributed by atoms with Crippen LogP contribution in [0.5, 0.6) is 5.75 Å². The van der Waals surface area contributed by atoms with E-state index in [-0.39, 0.29) is 33.5 Å².